The normalized spacial score (nSPS) is 12.7. The Labute approximate surface area is 60.9 Å². The summed E-state index contributed by atoms with van der Waals surface area (Å²) in [5, 5.41) is 2.68. The monoisotopic (exact) mass is 166 g/mol. The Morgan fingerprint density at radius 2 is 2.22 bits per heavy atom. The molecule has 0 amide bonds. The first-order valence-corrected chi connectivity index (χ1v) is 5.93. The topological polar surface area (TPSA) is 38.0 Å². The van der Waals surface area contributed by atoms with E-state index < -0.39 is 0 Å². The van der Waals surface area contributed by atoms with E-state index in [1.165, 1.54) is 24.9 Å². The van der Waals surface area contributed by atoms with Crippen molar-refractivity contribution in [2.24, 2.45) is 5.84 Å². The molecule has 0 aromatic carbocycles. The second kappa shape index (κ2) is 8.78. The Bertz CT molecular complexity index is 46.2. The van der Waals surface area contributed by atoms with Crippen LogP contribution in [0, 0.1) is 0 Å². The summed E-state index contributed by atoms with van der Waals surface area (Å²) < 4.78 is 0. The Morgan fingerprint density at radius 1 is 1.44 bits per heavy atom. The molecular formula is C5H16N2P2. The summed E-state index contributed by atoms with van der Waals surface area (Å²) in [6.45, 7) is 2.24. The van der Waals surface area contributed by atoms with Gasteiger partial charge in [-0.05, 0) is 33.6 Å². The molecule has 2 unspecified atom stereocenters. The molecule has 56 valence electrons. The number of nitrogens with two attached hydrogens (primary N) is 1. The zero-order valence-electron chi connectivity index (χ0n) is 5.91. The van der Waals surface area contributed by atoms with Gasteiger partial charge in [0, 0.05) is 0 Å². The molecule has 2 nitrogen and oxygen atoms in total. The third kappa shape index (κ3) is 8.78. The van der Waals surface area contributed by atoms with Crippen molar-refractivity contribution in [2.45, 2.75) is 13.3 Å². The van der Waals surface area contributed by atoms with Gasteiger partial charge in [0.15, 0.2) is 0 Å². The van der Waals surface area contributed by atoms with Crippen LogP contribution >= 0.6 is 17.3 Å². The van der Waals surface area contributed by atoms with E-state index in [0.29, 0.717) is 0 Å². The second-order valence-electron chi connectivity index (χ2n) is 1.78. The molecular weight excluding hydrogens is 150 g/mol. The molecule has 0 spiro atoms. The zero-order chi connectivity index (χ0) is 6.95. The molecule has 0 aromatic heterocycles. The summed E-state index contributed by atoms with van der Waals surface area (Å²) in [5.74, 6) is 5.11. The van der Waals surface area contributed by atoms with Crippen molar-refractivity contribution in [3.63, 3.8) is 0 Å². The van der Waals surface area contributed by atoms with Gasteiger partial charge >= 0.3 is 0 Å². The molecule has 4 heteroatoms. The first-order chi connectivity index (χ1) is 4.41. The van der Waals surface area contributed by atoms with E-state index in [1.807, 2.05) is 0 Å². The van der Waals surface area contributed by atoms with Crippen molar-refractivity contribution < 1.29 is 0 Å². The predicted molar refractivity (Wildman–Crippen MR) is 48.8 cm³/mol. The van der Waals surface area contributed by atoms with Gasteiger partial charge in [-0.25, -0.2) is 5.20 Å². The molecule has 0 aliphatic carbocycles. The van der Waals surface area contributed by atoms with Crippen LogP contribution in [0.25, 0.3) is 0 Å². The zero-order valence-corrected chi connectivity index (χ0v) is 7.91. The van der Waals surface area contributed by atoms with Gasteiger partial charge in [0.2, 0.25) is 0 Å². The molecule has 0 aliphatic heterocycles. The highest BCUT2D eigenvalue weighted by atomic mass is 31.1. The first-order valence-electron chi connectivity index (χ1n) is 3.31. The molecule has 0 heterocycles. The van der Waals surface area contributed by atoms with E-state index >= 15 is 0 Å². The lowest BCUT2D eigenvalue weighted by molar-refractivity contribution is 1.06. The van der Waals surface area contributed by atoms with Crippen LogP contribution in [0.5, 0.6) is 0 Å². The van der Waals surface area contributed by atoms with E-state index in [0.717, 1.165) is 17.3 Å². The lowest BCUT2D eigenvalue weighted by Crippen LogP contribution is -2.10. The van der Waals surface area contributed by atoms with Crippen LogP contribution in [0.1, 0.15) is 13.3 Å². The molecule has 3 N–H and O–H groups in total. The minimum absolute atomic E-state index is 0.758. The number of hydrogen-bond donors (Lipinski definition) is 2. The van der Waals surface area contributed by atoms with Crippen LogP contribution in [0.3, 0.4) is 0 Å². The van der Waals surface area contributed by atoms with Gasteiger partial charge < -0.3 is 0 Å². The summed E-state index contributed by atoms with van der Waals surface area (Å²) >= 11 is 0. The smallest absolute Gasteiger partial charge is 0.0206 e. The molecule has 0 rings (SSSR count). The van der Waals surface area contributed by atoms with Gasteiger partial charge in [-0.1, -0.05) is 6.92 Å². The highest BCUT2D eigenvalue weighted by molar-refractivity contribution is 7.38. The van der Waals surface area contributed by atoms with Crippen LogP contribution in [-0.2, 0) is 0 Å². The fourth-order valence-electron chi connectivity index (χ4n) is 0.551. The van der Waals surface area contributed by atoms with Crippen molar-refractivity contribution in [2.75, 3.05) is 18.5 Å². The second-order valence-corrected chi connectivity index (χ2v) is 4.63. The van der Waals surface area contributed by atoms with Crippen LogP contribution in [-0.4, -0.2) is 18.5 Å². The lowest BCUT2D eigenvalue weighted by Gasteiger charge is -1.97. The van der Waals surface area contributed by atoms with Crippen molar-refractivity contribution in [1.82, 2.24) is 5.20 Å². The summed E-state index contributed by atoms with van der Waals surface area (Å²) in [6, 6.07) is 0. The molecule has 0 saturated carbocycles. The van der Waals surface area contributed by atoms with E-state index in [4.69, 9.17) is 5.84 Å². The maximum Gasteiger partial charge on any atom is -0.0206 e. The van der Waals surface area contributed by atoms with E-state index in [1.54, 1.807) is 0 Å². The van der Waals surface area contributed by atoms with Crippen LogP contribution in [0.15, 0.2) is 0 Å². The van der Waals surface area contributed by atoms with Crippen LogP contribution in [0.2, 0.25) is 0 Å². The quantitative estimate of drug-likeness (QED) is 0.268. The van der Waals surface area contributed by atoms with Crippen molar-refractivity contribution in [1.29, 1.82) is 0 Å². The van der Waals surface area contributed by atoms with Gasteiger partial charge in [0.25, 0.3) is 0 Å². The SMILES string of the molecule is CCPCCCPNN. The number of hydrazine groups is 1. The van der Waals surface area contributed by atoms with Crippen LogP contribution in [0.4, 0.5) is 0 Å². The van der Waals surface area contributed by atoms with E-state index in [-0.39, 0.29) is 0 Å². The van der Waals surface area contributed by atoms with Gasteiger partial charge in [0.1, 0.15) is 0 Å². The Hall–Kier alpha value is 0.780. The molecule has 0 saturated heterocycles. The third-order valence-corrected chi connectivity index (χ3v) is 3.02. The summed E-state index contributed by atoms with van der Waals surface area (Å²) in [4.78, 5) is 0. The molecule has 0 aliphatic rings. The summed E-state index contributed by atoms with van der Waals surface area (Å²) in [6.07, 6.45) is 5.34. The van der Waals surface area contributed by atoms with Gasteiger partial charge in [-0.2, -0.15) is 0 Å². The Balaban J connectivity index is 2.60. The maximum absolute atomic E-state index is 5.11. The fraction of sp³-hybridized carbons (Fsp3) is 1.00. The number of nitrogens with one attached hydrogen (secondary N) is 1. The van der Waals surface area contributed by atoms with Gasteiger partial charge in [0.05, 0.1) is 0 Å². The average molecular weight is 166 g/mol. The largest absolute Gasteiger partial charge is 0.268 e. The predicted octanol–water partition coefficient (Wildman–Crippen LogP) is 1.13. The third-order valence-electron chi connectivity index (χ3n) is 1.01. The Kier molecular flexibility index (Phi) is 9.54. The minimum atomic E-state index is 0.758. The average Bonchev–Trinajstić information content (AvgIpc) is 1.89. The maximum atomic E-state index is 5.11. The first kappa shape index (κ1) is 9.78. The van der Waals surface area contributed by atoms with Gasteiger partial charge in [-0.3, -0.25) is 5.84 Å². The molecule has 0 radical (unpaired) electrons. The fourth-order valence-corrected chi connectivity index (χ4v) is 2.18. The molecule has 0 aromatic rings. The standard InChI is InChI=1S/C5H16N2P2/c1-2-8-4-3-5-9-7-6/h7-9H,2-6H2,1H3. The summed E-state index contributed by atoms with van der Waals surface area (Å²) in [5.41, 5.74) is 0. The molecule has 0 fully saturated rings. The highest BCUT2D eigenvalue weighted by Gasteiger charge is 1.85. The van der Waals surface area contributed by atoms with Crippen molar-refractivity contribution in [3.8, 4) is 0 Å². The van der Waals surface area contributed by atoms with Crippen molar-refractivity contribution in [3.05, 3.63) is 0 Å². The minimum Gasteiger partial charge on any atom is -0.268 e. The summed E-state index contributed by atoms with van der Waals surface area (Å²) in [7, 11) is 1.92. The number of hydrogen-bond acceptors (Lipinski definition) is 2. The number of rotatable bonds is 6. The van der Waals surface area contributed by atoms with Crippen LogP contribution < -0.4 is 11.0 Å². The van der Waals surface area contributed by atoms with Gasteiger partial charge in [-0.15, -0.1) is 8.58 Å². The molecule has 2 atom stereocenters. The molecule has 0 bridgehead atoms. The highest BCUT2D eigenvalue weighted by Crippen LogP contribution is 2.12. The lowest BCUT2D eigenvalue weighted by atomic mass is 10.6. The Morgan fingerprint density at radius 3 is 2.78 bits per heavy atom. The van der Waals surface area contributed by atoms with E-state index in [2.05, 4.69) is 12.1 Å². The van der Waals surface area contributed by atoms with E-state index in [9.17, 15) is 0 Å². The molecule has 9 heavy (non-hydrogen) atoms. The van der Waals surface area contributed by atoms with Crippen molar-refractivity contribution >= 4 is 17.3 Å².